The zero-order chi connectivity index (χ0) is 22.9. The third-order valence-electron chi connectivity index (χ3n) is 4.29. The second kappa shape index (κ2) is 10.7. The molecule has 0 unspecified atom stereocenters. The molecule has 0 atom stereocenters. The molecule has 0 fully saturated rings. The van der Waals surface area contributed by atoms with E-state index in [0.29, 0.717) is 29.2 Å². The van der Waals surface area contributed by atoms with Crippen molar-refractivity contribution in [1.29, 1.82) is 0 Å². The van der Waals surface area contributed by atoms with E-state index in [9.17, 15) is 14.0 Å². The smallest absolute Gasteiger partial charge is 0.343 e. The van der Waals surface area contributed by atoms with Gasteiger partial charge in [-0.1, -0.05) is 12.1 Å². The molecular weight excluding hydrogens is 415 g/mol. The number of benzene rings is 3. The van der Waals surface area contributed by atoms with E-state index in [-0.39, 0.29) is 11.3 Å². The van der Waals surface area contributed by atoms with Crippen LogP contribution >= 0.6 is 0 Å². The van der Waals surface area contributed by atoms with Crippen LogP contribution in [0.3, 0.4) is 0 Å². The Morgan fingerprint density at radius 3 is 2.47 bits per heavy atom. The lowest BCUT2D eigenvalue weighted by Crippen LogP contribution is -2.18. The van der Waals surface area contributed by atoms with Crippen LogP contribution in [0.1, 0.15) is 33.2 Å². The third kappa shape index (κ3) is 5.69. The molecule has 0 heterocycles. The predicted molar refractivity (Wildman–Crippen MR) is 117 cm³/mol. The first-order valence-corrected chi connectivity index (χ1v) is 9.72. The summed E-state index contributed by atoms with van der Waals surface area (Å²) in [6, 6.07) is 16.9. The summed E-state index contributed by atoms with van der Waals surface area (Å²) in [6.45, 7) is 2.41. The molecule has 1 amide bonds. The number of hydrogen-bond donors (Lipinski definition) is 1. The van der Waals surface area contributed by atoms with Gasteiger partial charge in [0.05, 0.1) is 31.1 Å². The highest BCUT2D eigenvalue weighted by atomic mass is 19.1. The second-order valence-corrected chi connectivity index (χ2v) is 6.44. The number of nitrogens with zero attached hydrogens (tertiary/aromatic N) is 1. The normalized spacial score (nSPS) is 10.6. The molecule has 1 N–H and O–H groups in total. The highest BCUT2D eigenvalue weighted by Crippen LogP contribution is 2.28. The van der Waals surface area contributed by atoms with Crippen LogP contribution in [0.15, 0.2) is 71.8 Å². The van der Waals surface area contributed by atoms with Crippen LogP contribution in [-0.4, -0.2) is 31.8 Å². The average Bonchev–Trinajstić information content (AvgIpc) is 2.80. The number of nitrogens with one attached hydrogen (secondary N) is 1. The second-order valence-electron chi connectivity index (χ2n) is 6.44. The Morgan fingerprint density at radius 2 is 1.78 bits per heavy atom. The van der Waals surface area contributed by atoms with Gasteiger partial charge >= 0.3 is 5.97 Å². The van der Waals surface area contributed by atoms with E-state index >= 15 is 0 Å². The number of carbonyl (C=O) groups is 2. The number of ether oxygens (including phenoxy) is 3. The molecule has 3 aromatic carbocycles. The molecule has 0 aromatic heterocycles. The molecule has 0 saturated heterocycles. The van der Waals surface area contributed by atoms with Gasteiger partial charge in [-0.05, 0) is 67.1 Å². The number of rotatable bonds is 8. The van der Waals surface area contributed by atoms with Crippen molar-refractivity contribution in [2.75, 3.05) is 13.7 Å². The molecule has 3 aromatic rings. The number of esters is 1. The molecular formula is C24H21FN2O5. The first-order valence-electron chi connectivity index (χ1n) is 9.72. The third-order valence-corrected chi connectivity index (χ3v) is 4.29. The first-order chi connectivity index (χ1) is 15.5. The van der Waals surface area contributed by atoms with E-state index in [1.54, 1.807) is 48.5 Å². The molecule has 32 heavy (non-hydrogen) atoms. The summed E-state index contributed by atoms with van der Waals surface area (Å²) in [7, 11) is 1.43. The summed E-state index contributed by atoms with van der Waals surface area (Å²) in [6.07, 6.45) is 1.36. The van der Waals surface area contributed by atoms with Gasteiger partial charge in [-0.25, -0.2) is 14.6 Å². The minimum atomic E-state index is -0.674. The highest BCUT2D eigenvalue weighted by Gasteiger charge is 2.13. The van der Waals surface area contributed by atoms with Crippen molar-refractivity contribution in [2.45, 2.75) is 6.92 Å². The van der Waals surface area contributed by atoms with E-state index in [4.69, 9.17) is 14.2 Å². The summed E-state index contributed by atoms with van der Waals surface area (Å²) in [5.41, 5.74) is 3.07. The van der Waals surface area contributed by atoms with E-state index in [1.165, 1.54) is 31.5 Å². The van der Waals surface area contributed by atoms with Gasteiger partial charge in [0.15, 0.2) is 11.5 Å². The maximum Gasteiger partial charge on any atom is 0.343 e. The Labute approximate surface area is 184 Å². The average molecular weight is 436 g/mol. The van der Waals surface area contributed by atoms with Gasteiger partial charge in [0.25, 0.3) is 5.91 Å². The van der Waals surface area contributed by atoms with Gasteiger partial charge in [-0.3, -0.25) is 4.79 Å². The van der Waals surface area contributed by atoms with Crippen molar-refractivity contribution in [3.8, 4) is 17.2 Å². The number of carbonyl (C=O) groups excluding carboxylic acids is 2. The van der Waals surface area contributed by atoms with Crippen LogP contribution in [0.25, 0.3) is 0 Å². The fourth-order valence-electron chi connectivity index (χ4n) is 2.73. The van der Waals surface area contributed by atoms with Crippen molar-refractivity contribution in [2.24, 2.45) is 5.10 Å². The molecule has 0 bridgehead atoms. The van der Waals surface area contributed by atoms with Crippen LogP contribution in [0.5, 0.6) is 17.2 Å². The molecule has 0 aliphatic heterocycles. The Balaban J connectivity index is 1.66. The quantitative estimate of drug-likeness (QED) is 0.247. The molecule has 0 radical (unpaired) electrons. The largest absolute Gasteiger partial charge is 0.494 e. The molecule has 0 aliphatic rings. The monoisotopic (exact) mass is 436 g/mol. The predicted octanol–water partition coefficient (Wildman–Crippen LogP) is 4.22. The number of hydrazone groups is 1. The SMILES string of the molecule is CCOc1ccc(C(=O)Oc2ccc(/C=N/NC(=O)c3ccccc3F)cc2OC)cc1. The Bertz CT molecular complexity index is 1130. The molecule has 0 aliphatic carbocycles. The summed E-state index contributed by atoms with van der Waals surface area (Å²) < 4.78 is 29.7. The minimum absolute atomic E-state index is 0.112. The van der Waals surface area contributed by atoms with Crippen molar-refractivity contribution < 1.29 is 28.2 Å². The Hall–Kier alpha value is -4.20. The summed E-state index contributed by atoms with van der Waals surface area (Å²) >= 11 is 0. The van der Waals surface area contributed by atoms with Crippen LogP contribution in [0.4, 0.5) is 4.39 Å². The van der Waals surface area contributed by atoms with Crippen molar-refractivity contribution in [3.63, 3.8) is 0 Å². The first kappa shape index (κ1) is 22.5. The standard InChI is InChI=1S/C24H21FN2O5/c1-3-31-18-11-9-17(10-12-18)24(29)32-21-13-8-16(14-22(21)30-2)15-26-27-23(28)19-6-4-5-7-20(19)25/h4-15H,3H2,1-2H3,(H,27,28)/b26-15+. The number of methoxy groups -OCH3 is 1. The Kier molecular flexibility index (Phi) is 7.53. The van der Waals surface area contributed by atoms with Gasteiger partial charge in [0, 0.05) is 0 Å². The number of hydrogen-bond acceptors (Lipinski definition) is 6. The highest BCUT2D eigenvalue weighted by molar-refractivity contribution is 5.95. The lowest BCUT2D eigenvalue weighted by Gasteiger charge is -2.10. The fourth-order valence-corrected chi connectivity index (χ4v) is 2.73. The topological polar surface area (TPSA) is 86.2 Å². The van der Waals surface area contributed by atoms with Gasteiger partial charge in [-0.15, -0.1) is 0 Å². The summed E-state index contributed by atoms with van der Waals surface area (Å²) in [4.78, 5) is 24.4. The van der Waals surface area contributed by atoms with Crippen LogP contribution in [-0.2, 0) is 0 Å². The maximum absolute atomic E-state index is 13.6. The Morgan fingerprint density at radius 1 is 1.03 bits per heavy atom. The van der Waals surface area contributed by atoms with E-state index in [0.717, 1.165) is 0 Å². The molecule has 8 heteroatoms. The summed E-state index contributed by atoms with van der Waals surface area (Å²) in [5, 5.41) is 3.83. The van der Waals surface area contributed by atoms with E-state index < -0.39 is 17.7 Å². The number of amides is 1. The zero-order valence-corrected chi connectivity index (χ0v) is 17.5. The van der Waals surface area contributed by atoms with Crippen molar-refractivity contribution in [3.05, 3.63) is 89.2 Å². The van der Waals surface area contributed by atoms with Gasteiger partial charge < -0.3 is 14.2 Å². The maximum atomic E-state index is 13.6. The van der Waals surface area contributed by atoms with Crippen molar-refractivity contribution in [1.82, 2.24) is 5.43 Å². The summed E-state index contributed by atoms with van der Waals surface area (Å²) in [5.74, 6) is -0.683. The fraction of sp³-hybridized carbons (Fsp3) is 0.125. The van der Waals surface area contributed by atoms with Gasteiger partial charge in [-0.2, -0.15) is 5.10 Å². The van der Waals surface area contributed by atoms with Gasteiger partial charge in [0.2, 0.25) is 0 Å². The van der Waals surface area contributed by atoms with Gasteiger partial charge in [0.1, 0.15) is 11.6 Å². The van der Waals surface area contributed by atoms with Crippen LogP contribution in [0, 0.1) is 5.82 Å². The molecule has 0 saturated carbocycles. The van der Waals surface area contributed by atoms with E-state index in [1.807, 2.05) is 6.92 Å². The van der Waals surface area contributed by atoms with Crippen molar-refractivity contribution >= 4 is 18.1 Å². The zero-order valence-electron chi connectivity index (χ0n) is 17.5. The molecule has 3 rings (SSSR count). The van der Waals surface area contributed by atoms with Crippen LogP contribution < -0.4 is 19.6 Å². The lowest BCUT2D eigenvalue weighted by atomic mass is 10.2. The van der Waals surface area contributed by atoms with Crippen LogP contribution in [0.2, 0.25) is 0 Å². The minimum Gasteiger partial charge on any atom is -0.494 e. The molecule has 164 valence electrons. The molecule has 7 nitrogen and oxygen atoms in total. The number of halogens is 1. The van der Waals surface area contributed by atoms with E-state index in [2.05, 4.69) is 10.5 Å². The lowest BCUT2D eigenvalue weighted by molar-refractivity contribution is 0.0729. The molecule has 0 spiro atoms.